The van der Waals surface area contributed by atoms with Crippen molar-refractivity contribution in [2.24, 2.45) is 17.3 Å². The van der Waals surface area contributed by atoms with E-state index in [1.54, 1.807) is 0 Å². The molecular weight excluding hydrogens is 226 g/mol. The van der Waals surface area contributed by atoms with E-state index in [0.29, 0.717) is 5.41 Å². The predicted molar refractivity (Wildman–Crippen MR) is 80.7 cm³/mol. The monoisotopic (exact) mass is 257 g/mol. The standard InChI is InChI=1S/C15H31NS/c1-6-16-14-8-7-13(15(2,3)4)11-12(14)9-10-17-5/h12-14,16H,6-11H2,1-5H3. The zero-order valence-electron chi connectivity index (χ0n) is 12.4. The summed E-state index contributed by atoms with van der Waals surface area (Å²) in [7, 11) is 0. The first-order valence-electron chi connectivity index (χ1n) is 7.21. The largest absolute Gasteiger partial charge is 0.314 e. The minimum atomic E-state index is 0.495. The molecule has 0 aliphatic heterocycles. The molecule has 17 heavy (non-hydrogen) atoms. The molecule has 0 bridgehead atoms. The van der Waals surface area contributed by atoms with Crippen molar-refractivity contribution in [3.63, 3.8) is 0 Å². The topological polar surface area (TPSA) is 12.0 Å². The minimum absolute atomic E-state index is 0.495. The Morgan fingerprint density at radius 3 is 2.47 bits per heavy atom. The Morgan fingerprint density at radius 2 is 1.94 bits per heavy atom. The van der Waals surface area contributed by atoms with Gasteiger partial charge in [0.25, 0.3) is 0 Å². The number of thioether (sulfide) groups is 1. The summed E-state index contributed by atoms with van der Waals surface area (Å²) in [6.07, 6.45) is 7.85. The van der Waals surface area contributed by atoms with E-state index in [-0.39, 0.29) is 0 Å². The maximum absolute atomic E-state index is 3.71. The highest BCUT2D eigenvalue weighted by atomic mass is 32.2. The van der Waals surface area contributed by atoms with Crippen LogP contribution in [0.4, 0.5) is 0 Å². The summed E-state index contributed by atoms with van der Waals surface area (Å²) in [5.41, 5.74) is 0.495. The van der Waals surface area contributed by atoms with Crippen molar-refractivity contribution in [3.05, 3.63) is 0 Å². The zero-order chi connectivity index (χ0) is 12.9. The quantitative estimate of drug-likeness (QED) is 0.793. The minimum Gasteiger partial charge on any atom is -0.314 e. The van der Waals surface area contributed by atoms with Crippen molar-refractivity contribution in [2.45, 2.75) is 59.4 Å². The molecule has 0 heterocycles. The fourth-order valence-corrected chi connectivity index (χ4v) is 3.71. The maximum Gasteiger partial charge on any atom is 0.00957 e. The number of hydrogen-bond donors (Lipinski definition) is 1. The lowest BCUT2D eigenvalue weighted by atomic mass is 9.67. The van der Waals surface area contributed by atoms with E-state index in [4.69, 9.17) is 0 Å². The highest BCUT2D eigenvalue weighted by Crippen LogP contribution is 2.41. The Hall–Kier alpha value is 0.310. The molecule has 2 heteroatoms. The van der Waals surface area contributed by atoms with Crippen LogP contribution in [0.15, 0.2) is 0 Å². The summed E-state index contributed by atoms with van der Waals surface area (Å²) in [6, 6.07) is 0.783. The van der Waals surface area contributed by atoms with Crippen LogP contribution in [0.3, 0.4) is 0 Å². The number of rotatable bonds is 5. The van der Waals surface area contributed by atoms with Crippen LogP contribution in [0.2, 0.25) is 0 Å². The molecule has 102 valence electrons. The van der Waals surface area contributed by atoms with Crippen LogP contribution in [0, 0.1) is 17.3 Å². The van der Waals surface area contributed by atoms with E-state index < -0.39 is 0 Å². The molecule has 0 aromatic carbocycles. The fourth-order valence-electron chi connectivity index (χ4n) is 3.17. The third-order valence-electron chi connectivity index (χ3n) is 4.37. The highest BCUT2D eigenvalue weighted by Gasteiger charge is 2.34. The summed E-state index contributed by atoms with van der Waals surface area (Å²) in [5.74, 6) is 3.15. The van der Waals surface area contributed by atoms with E-state index in [2.05, 4.69) is 39.3 Å². The van der Waals surface area contributed by atoms with Crippen molar-refractivity contribution in [1.29, 1.82) is 0 Å². The zero-order valence-corrected chi connectivity index (χ0v) is 13.2. The molecule has 0 aromatic heterocycles. The van der Waals surface area contributed by atoms with Gasteiger partial charge in [-0.25, -0.2) is 0 Å². The Morgan fingerprint density at radius 1 is 1.24 bits per heavy atom. The number of nitrogens with one attached hydrogen (secondary N) is 1. The Bertz CT molecular complexity index is 209. The summed E-state index contributed by atoms with van der Waals surface area (Å²) < 4.78 is 0. The van der Waals surface area contributed by atoms with Gasteiger partial charge in [0.2, 0.25) is 0 Å². The van der Waals surface area contributed by atoms with E-state index in [0.717, 1.165) is 24.4 Å². The van der Waals surface area contributed by atoms with E-state index >= 15 is 0 Å². The van der Waals surface area contributed by atoms with Gasteiger partial charge in [-0.15, -0.1) is 0 Å². The molecule has 0 spiro atoms. The normalized spacial score (nSPS) is 30.5. The number of hydrogen-bond acceptors (Lipinski definition) is 2. The van der Waals surface area contributed by atoms with Crippen molar-refractivity contribution in [2.75, 3.05) is 18.6 Å². The van der Waals surface area contributed by atoms with Crippen LogP contribution in [0.25, 0.3) is 0 Å². The van der Waals surface area contributed by atoms with E-state index in [1.807, 2.05) is 11.8 Å². The lowest BCUT2D eigenvalue weighted by Crippen LogP contribution is -2.43. The Kier molecular flexibility index (Phi) is 6.36. The first kappa shape index (κ1) is 15.4. The molecule has 0 radical (unpaired) electrons. The molecule has 0 saturated heterocycles. The van der Waals surface area contributed by atoms with Gasteiger partial charge in [0.15, 0.2) is 0 Å². The smallest absolute Gasteiger partial charge is 0.00957 e. The van der Waals surface area contributed by atoms with Crippen molar-refractivity contribution >= 4 is 11.8 Å². The Balaban J connectivity index is 2.56. The van der Waals surface area contributed by atoms with Crippen LogP contribution < -0.4 is 5.32 Å². The maximum atomic E-state index is 3.71. The SMILES string of the molecule is CCNC1CCC(C(C)(C)C)CC1CCSC. The van der Waals surface area contributed by atoms with Gasteiger partial charge < -0.3 is 5.32 Å². The molecule has 1 saturated carbocycles. The second-order valence-corrected chi connectivity index (χ2v) is 7.57. The first-order valence-corrected chi connectivity index (χ1v) is 8.60. The second kappa shape index (κ2) is 7.04. The summed E-state index contributed by atoms with van der Waals surface area (Å²) in [5, 5.41) is 3.71. The molecule has 3 unspecified atom stereocenters. The van der Waals surface area contributed by atoms with E-state index in [1.165, 1.54) is 31.4 Å². The van der Waals surface area contributed by atoms with Crippen LogP contribution in [-0.2, 0) is 0 Å². The molecule has 1 N–H and O–H groups in total. The van der Waals surface area contributed by atoms with Gasteiger partial charge in [-0.05, 0) is 61.5 Å². The summed E-state index contributed by atoms with van der Waals surface area (Å²) >= 11 is 2.00. The molecule has 1 fully saturated rings. The molecule has 1 aliphatic rings. The lowest BCUT2D eigenvalue weighted by molar-refractivity contribution is 0.113. The third-order valence-corrected chi connectivity index (χ3v) is 5.01. The van der Waals surface area contributed by atoms with Gasteiger partial charge in [-0.2, -0.15) is 11.8 Å². The van der Waals surface area contributed by atoms with Crippen LogP contribution in [-0.4, -0.2) is 24.6 Å². The second-order valence-electron chi connectivity index (χ2n) is 6.58. The van der Waals surface area contributed by atoms with Gasteiger partial charge in [0, 0.05) is 6.04 Å². The van der Waals surface area contributed by atoms with E-state index in [9.17, 15) is 0 Å². The lowest BCUT2D eigenvalue weighted by Gasteiger charge is -2.42. The first-order chi connectivity index (χ1) is 7.99. The van der Waals surface area contributed by atoms with Crippen LogP contribution in [0.1, 0.15) is 53.4 Å². The van der Waals surface area contributed by atoms with Gasteiger partial charge in [0.1, 0.15) is 0 Å². The van der Waals surface area contributed by atoms with Crippen molar-refractivity contribution in [1.82, 2.24) is 5.32 Å². The van der Waals surface area contributed by atoms with Crippen LogP contribution >= 0.6 is 11.8 Å². The van der Waals surface area contributed by atoms with Crippen LogP contribution in [0.5, 0.6) is 0 Å². The molecule has 0 aromatic rings. The van der Waals surface area contributed by atoms with Gasteiger partial charge in [-0.1, -0.05) is 27.7 Å². The summed E-state index contributed by atoms with van der Waals surface area (Å²) in [4.78, 5) is 0. The average molecular weight is 257 g/mol. The fraction of sp³-hybridized carbons (Fsp3) is 1.00. The third kappa shape index (κ3) is 4.82. The van der Waals surface area contributed by atoms with Gasteiger partial charge in [-0.3, -0.25) is 0 Å². The highest BCUT2D eigenvalue weighted by molar-refractivity contribution is 7.98. The van der Waals surface area contributed by atoms with Gasteiger partial charge >= 0.3 is 0 Å². The molecule has 1 rings (SSSR count). The molecule has 1 aliphatic carbocycles. The molecule has 0 amide bonds. The summed E-state index contributed by atoms with van der Waals surface area (Å²) in [6.45, 7) is 10.6. The average Bonchev–Trinajstić information content (AvgIpc) is 2.26. The van der Waals surface area contributed by atoms with Gasteiger partial charge in [0.05, 0.1) is 0 Å². The molecular formula is C15H31NS. The van der Waals surface area contributed by atoms with Crippen molar-refractivity contribution in [3.8, 4) is 0 Å². The Labute approximate surface area is 113 Å². The van der Waals surface area contributed by atoms with Crippen molar-refractivity contribution < 1.29 is 0 Å². The molecule has 1 nitrogen and oxygen atoms in total. The molecule has 3 atom stereocenters. The predicted octanol–water partition coefficient (Wildman–Crippen LogP) is 4.18.